The highest BCUT2D eigenvalue weighted by Gasteiger charge is 2.29. The molecule has 5 heteroatoms. The van der Waals surface area contributed by atoms with E-state index in [1.54, 1.807) is 6.07 Å². The Hall–Kier alpha value is -0.680. The average Bonchev–Trinajstić information content (AvgIpc) is 2.43. The van der Waals surface area contributed by atoms with E-state index in [2.05, 4.69) is 9.80 Å². The molecule has 0 bridgehead atoms. The first kappa shape index (κ1) is 13.3. The lowest BCUT2D eigenvalue weighted by molar-refractivity contribution is -0.0461. The zero-order valence-electron chi connectivity index (χ0n) is 10.8. The molecule has 19 heavy (non-hydrogen) atoms. The summed E-state index contributed by atoms with van der Waals surface area (Å²) in [6, 6.07) is 5.03. The molecule has 0 spiro atoms. The van der Waals surface area contributed by atoms with E-state index in [9.17, 15) is 4.39 Å². The molecular formula is C14H18ClFN2O. The Kier molecular flexibility index (Phi) is 4.03. The molecule has 2 aliphatic rings. The summed E-state index contributed by atoms with van der Waals surface area (Å²) in [6.07, 6.45) is 0. The molecule has 3 rings (SSSR count). The summed E-state index contributed by atoms with van der Waals surface area (Å²) >= 11 is 6.12. The van der Waals surface area contributed by atoms with E-state index in [1.165, 1.54) is 12.1 Å². The summed E-state index contributed by atoms with van der Waals surface area (Å²) in [5, 5.41) is 0.642. The topological polar surface area (TPSA) is 15.7 Å². The third-order valence-corrected chi connectivity index (χ3v) is 4.29. The van der Waals surface area contributed by atoms with Crippen LogP contribution in [-0.2, 0) is 11.3 Å². The Morgan fingerprint density at radius 1 is 1.32 bits per heavy atom. The summed E-state index contributed by atoms with van der Waals surface area (Å²) in [7, 11) is 0. The highest BCUT2D eigenvalue weighted by molar-refractivity contribution is 6.31. The van der Waals surface area contributed by atoms with Crippen LogP contribution in [-0.4, -0.2) is 55.2 Å². The van der Waals surface area contributed by atoms with Crippen molar-refractivity contribution in [1.29, 1.82) is 0 Å². The quantitative estimate of drug-likeness (QED) is 0.826. The van der Waals surface area contributed by atoms with Crippen molar-refractivity contribution in [3.8, 4) is 0 Å². The van der Waals surface area contributed by atoms with Crippen LogP contribution >= 0.6 is 11.6 Å². The zero-order valence-corrected chi connectivity index (χ0v) is 11.6. The molecule has 1 aromatic rings. The molecule has 2 saturated heterocycles. The lowest BCUT2D eigenvalue weighted by Gasteiger charge is -2.43. The van der Waals surface area contributed by atoms with Crippen molar-refractivity contribution in [1.82, 2.24) is 9.80 Å². The molecule has 104 valence electrons. The minimum absolute atomic E-state index is 0.223. The van der Waals surface area contributed by atoms with Gasteiger partial charge < -0.3 is 4.74 Å². The van der Waals surface area contributed by atoms with Gasteiger partial charge in [0.1, 0.15) is 5.82 Å². The number of rotatable bonds is 2. The van der Waals surface area contributed by atoms with E-state index in [0.29, 0.717) is 17.6 Å². The largest absolute Gasteiger partial charge is 0.378 e. The number of benzene rings is 1. The molecule has 1 aromatic carbocycles. The Labute approximate surface area is 117 Å². The van der Waals surface area contributed by atoms with Crippen molar-refractivity contribution in [3.63, 3.8) is 0 Å². The van der Waals surface area contributed by atoms with Crippen molar-refractivity contribution in [3.05, 3.63) is 34.6 Å². The lowest BCUT2D eigenvalue weighted by Crippen LogP contribution is -2.57. The number of halogens is 2. The minimum atomic E-state index is -0.223. The molecule has 0 aliphatic carbocycles. The third-order valence-electron chi connectivity index (χ3n) is 3.92. The Morgan fingerprint density at radius 2 is 2.21 bits per heavy atom. The molecule has 0 N–H and O–H groups in total. The van der Waals surface area contributed by atoms with Gasteiger partial charge in [-0.3, -0.25) is 9.80 Å². The molecule has 0 aromatic heterocycles. The Balaban J connectivity index is 1.65. The lowest BCUT2D eigenvalue weighted by atomic mass is 10.1. The van der Waals surface area contributed by atoms with E-state index < -0.39 is 0 Å². The SMILES string of the molecule is Fc1ccc(Cl)c(CN2CCN3CCOC[C@H]3C2)c1. The van der Waals surface area contributed by atoms with Crippen LogP contribution in [0, 0.1) is 5.82 Å². The highest BCUT2D eigenvalue weighted by atomic mass is 35.5. The fourth-order valence-corrected chi connectivity index (χ4v) is 3.04. The Morgan fingerprint density at radius 3 is 3.11 bits per heavy atom. The number of piperazine rings is 1. The minimum Gasteiger partial charge on any atom is -0.378 e. The van der Waals surface area contributed by atoms with Gasteiger partial charge in [-0.25, -0.2) is 4.39 Å². The molecule has 2 aliphatic heterocycles. The molecule has 0 saturated carbocycles. The average molecular weight is 285 g/mol. The van der Waals surface area contributed by atoms with Crippen molar-refractivity contribution in [2.45, 2.75) is 12.6 Å². The van der Waals surface area contributed by atoms with E-state index in [1.807, 2.05) is 0 Å². The first-order chi connectivity index (χ1) is 9.22. The van der Waals surface area contributed by atoms with Gasteiger partial charge in [0, 0.05) is 43.8 Å². The van der Waals surface area contributed by atoms with Gasteiger partial charge in [0.2, 0.25) is 0 Å². The monoisotopic (exact) mass is 284 g/mol. The molecule has 0 radical (unpaired) electrons. The van der Waals surface area contributed by atoms with Crippen molar-refractivity contribution in [2.24, 2.45) is 0 Å². The second-order valence-corrected chi connectivity index (χ2v) is 5.64. The maximum atomic E-state index is 13.3. The molecule has 0 amide bonds. The van der Waals surface area contributed by atoms with Gasteiger partial charge >= 0.3 is 0 Å². The fourth-order valence-electron chi connectivity index (χ4n) is 2.86. The van der Waals surface area contributed by atoms with Gasteiger partial charge in [0.25, 0.3) is 0 Å². The van der Waals surface area contributed by atoms with Gasteiger partial charge in [-0.1, -0.05) is 11.6 Å². The van der Waals surface area contributed by atoms with Gasteiger partial charge in [-0.2, -0.15) is 0 Å². The van der Waals surface area contributed by atoms with E-state index in [-0.39, 0.29) is 5.82 Å². The molecular weight excluding hydrogens is 267 g/mol. The van der Waals surface area contributed by atoms with Gasteiger partial charge in [0.15, 0.2) is 0 Å². The number of nitrogens with zero attached hydrogens (tertiary/aromatic N) is 2. The number of ether oxygens (including phenoxy) is 1. The normalized spacial score (nSPS) is 25.3. The highest BCUT2D eigenvalue weighted by Crippen LogP contribution is 2.21. The second-order valence-electron chi connectivity index (χ2n) is 5.24. The van der Waals surface area contributed by atoms with Crippen LogP contribution in [0.25, 0.3) is 0 Å². The van der Waals surface area contributed by atoms with Gasteiger partial charge in [0.05, 0.1) is 13.2 Å². The smallest absolute Gasteiger partial charge is 0.123 e. The zero-order chi connectivity index (χ0) is 13.2. The maximum absolute atomic E-state index is 13.3. The van der Waals surface area contributed by atoms with Gasteiger partial charge in [-0.05, 0) is 23.8 Å². The predicted molar refractivity (Wildman–Crippen MR) is 72.9 cm³/mol. The second kappa shape index (κ2) is 5.75. The number of hydrogen-bond acceptors (Lipinski definition) is 3. The molecule has 2 fully saturated rings. The van der Waals surface area contributed by atoms with Crippen LogP contribution in [0.2, 0.25) is 5.02 Å². The third kappa shape index (κ3) is 3.08. The number of morpholine rings is 1. The summed E-state index contributed by atoms with van der Waals surface area (Å²) in [6.45, 7) is 6.40. The molecule has 2 heterocycles. The van der Waals surface area contributed by atoms with Crippen LogP contribution in [0.15, 0.2) is 18.2 Å². The first-order valence-electron chi connectivity index (χ1n) is 6.70. The van der Waals surface area contributed by atoms with Crippen molar-refractivity contribution < 1.29 is 9.13 Å². The van der Waals surface area contributed by atoms with E-state index >= 15 is 0 Å². The molecule has 1 atom stereocenters. The standard InChI is InChI=1S/C14H18ClFN2O/c15-14-2-1-12(16)7-11(14)8-17-3-4-18-5-6-19-10-13(18)9-17/h1-2,7,13H,3-6,8-10H2/t13-/m1/s1. The van der Waals surface area contributed by atoms with Crippen molar-refractivity contribution in [2.75, 3.05) is 39.4 Å². The van der Waals surface area contributed by atoms with Crippen LogP contribution in [0.4, 0.5) is 4.39 Å². The van der Waals surface area contributed by atoms with Gasteiger partial charge in [-0.15, -0.1) is 0 Å². The summed E-state index contributed by atoms with van der Waals surface area (Å²) in [5.74, 6) is -0.223. The summed E-state index contributed by atoms with van der Waals surface area (Å²) in [5.41, 5.74) is 0.867. The summed E-state index contributed by atoms with van der Waals surface area (Å²) < 4.78 is 18.8. The van der Waals surface area contributed by atoms with Crippen molar-refractivity contribution >= 4 is 11.6 Å². The number of hydrogen-bond donors (Lipinski definition) is 0. The van der Waals surface area contributed by atoms with Crippen LogP contribution < -0.4 is 0 Å². The van der Waals surface area contributed by atoms with E-state index in [4.69, 9.17) is 16.3 Å². The Bertz CT molecular complexity index is 457. The summed E-state index contributed by atoms with van der Waals surface area (Å²) in [4.78, 5) is 4.81. The molecule has 0 unspecified atom stereocenters. The molecule has 3 nitrogen and oxygen atoms in total. The van der Waals surface area contributed by atoms with E-state index in [0.717, 1.165) is 45.0 Å². The number of fused-ring (bicyclic) bond motifs is 1. The van der Waals surface area contributed by atoms with Crippen LogP contribution in [0.5, 0.6) is 0 Å². The van der Waals surface area contributed by atoms with Crippen LogP contribution in [0.1, 0.15) is 5.56 Å². The first-order valence-corrected chi connectivity index (χ1v) is 7.08. The van der Waals surface area contributed by atoms with Crippen LogP contribution in [0.3, 0.4) is 0 Å². The maximum Gasteiger partial charge on any atom is 0.123 e. The fraction of sp³-hybridized carbons (Fsp3) is 0.571. The predicted octanol–water partition coefficient (Wildman–Crippen LogP) is 2.00.